The molecule has 4 heterocycles. The number of benzene rings is 1. The second-order valence-corrected chi connectivity index (χ2v) is 8.66. The monoisotopic (exact) mass is 495 g/mol. The van der Waals surface area contributed by atoms with Gasteiger partial charge in [0, 0.05) is 52.0 Å². The summed E-state index contributed by atoms with van der Waals surface area (Å²) < 4.78 is 14.3. The van der Waals surface area contributed by atoms with Crippen LogP contribution in [0.1, 0.15) is 16.1 Å². The molecule has 0 radical (unpaired) electrons. The highest BCUT2D eigenvalue weighted by atomic mass is 19.1. The molecule has 0 saturated carbocycles. The molecule has 0 spiro atoms. The fraction of sp³-hybridized carbons (Fsp3) is 0.333. The summed E-state index contributed by atoms with van der Waals surface area (Å²) in [6.07, 6.45) is 1.58. The Morgan fingerprint density at radius 1 is 1.08 bits per heavy atom. The zero-order valence-corrected chi connectivity index (χ0v) is 19.5. The van der Waals surface area contributed by atoms with E-state index in [1.807, 2.05) is 0 Å². The van der Waals surface area contributed by atoms with Crippen LogP contribution in [0.25, 0.3) is 5.65 Å². The second-order valence-electron chi connectivity index (χ2n) is 8.66. The van der Waals surface area contributed by atoms with Crippen molar-refractivity contribution in [1.82, 2.24) is 25.3 Å². The third-order valence-corrected chi connectivity index (χ3v) is 6.31. The van der Waals surface area contributed by atoms with Gasteiger partial charge in [0.1, 0.15) is 5.82 Å². The normalized spacial score (nSPS) is 16.4. The van der Waals surface area contributed by atoms with Crippen LogP contribution < -0.4 is 31.3 Å². The average Bonchev–Trinajstić information content (AvgIpc) is 2.90. The van der Waals surface area contributed by atoms with Gasteiger partial charge in [-0.3, -0.25) is 18.8 Å². The predicted molar refractivity (Wildman–Crippen MR) is 131 cm³/mol. The fourth-order valence-electron chi connectivity index (χ4n) is 4.38. The van der Waals surface area contributed by atoms with Crippen LogP contribution in [0.4, 0.5) is 15.8 Å². The standard InChI is InChI=1S/C24H26FN7O4/c25-16-3-1-15(2-4-16)12-28-23(35)20-21(34)24(36)32-14-17(30-8-5-26-6-9-30)11-18(22(32)29-20)31-10-7-27-13-19(31)33/h1-4,11,14,26-27,34H,5-10,12-13H2,(H,28,35). The van der Waals surface area contributed by atoms with Gasteiger partial charge in [-0.15, -0.1) is 0 Å². The number of carbonyl (C=O) groups excluding carboxylic acids is 2. The van der Waals surface area contributed by atoms with Crippen LogP contribution >= 0.6 is 0 Å². The molecule has 0 unspecified atom stereocenters. The van der Waals surface area contributed by atoms with Crippen molar-refractivity contribution < 1.29 is 19.1 Å². The first kappa shape index (κ1) is 23.7. The van der Waals surface area contributed by atoms with Gasteiger partial charge in [-0.25, -0.2) is 9.37 Å². The van der Waals surface area contributed by atoms with E-state index in [9.17, 15) is 23.9 Å². The molecule has 0 atom stereocenters. The molecule has 3 aromatic rings. The van der Waals surface area contributed by atoms with Crippen molar-refractivity contribution in [3.63, 3.8) is 0 Å². The van der Waals surface area contributed by atoms with Crippen molar-refractivity contribution in [2.75, 3.05) is 55.6 Å². The Bertz CT molecular complexity index is 1370. The van der Waals surface area contributed by atoms with Gasteiger partial charge < -0.3 is 30.9 Å². The molecule has 2 fully saturated rings. The van der Waals surface area contributed by atoms with E-state index in [0.717, 1.165) is 13.1 Å². The Kier molecular flexibility index (Phi) is 6.53. The highest BCUT2D eigenvalue weighted by Gasteiger charge is 2.27. The van der Waals surface area contributed by atoms with Gasteiger partial charge in [0.05, 0.1) is 17.9 Å². The van der Waals surface area contributed by atoms with Gasteiger partial charge >= 0.3 is 5.56 Å². The summed E-state index contributed by atoms with van der Waals surface area (Å²) in [5.74, 6) is -2.15. The Balaban J connectivity index is 1.57. The molecule has 2 aliphatic rings. The molecule has 2 saturated heterocycles. The molecule has 0 bridgehead atoms. The van der Waals surface area contributed by atoms with Gasteiger partial charge in [-0.1, -0.05) is 12.1 Å². The smallest absolute Gasteiger partial charge is 0.301 e. The molecule has 188 valence electrons. The summed E-state index contributed by atoms with van der Waals surface area (Å²) in [5, 5.41) is 19.5. The quantitative estimate of drug-likeness (QED) is 0.383. The molecule has 12 heteroatoms. The molecule has 2 aromatic heterocycles. The molecule has 2 aliphatic heterocycles. The highest BCUT2D eigenvalue weighted by molar-refractivity contribution is 6.00. The summed E-state index contributed by atoms with van der Waals surface area (Å²) in [5.41, 5.74) is 0.575. The molecule has 11 nitrogen and oxygen atoms in total. The average molecular weight is 496 g/mol. The zero-order chi connectivity index (χ0) is 25.2. The van der Waals surface area contributed by atoms with Crippen molar-refractivity contribution >= 4 is 28.8 Å². The summed E-state index contributed by atoms with van der Waals surface area (Å²) in [4.78, 5) is 46.9. The topological polar surface area (TPSA) is 131 Å². The van der Waals surface area contributed by atoms with E-state index in [-0.39, 0.29) is 24.6 Å². The molecular weight excluding hydrogens is 469 g/mol. The van der Waals surface area contributed by atoms with Gasteiger partial charge in [0.25, 0.3) is 5.91 Å². The van der Waals surface area contributed by atoms with E-state index in [4.69, 9.17) is 0 Å². The maximum Gasteiger partial charge on any atom is 0.301 e. The fourth-order valence-corrected chi connectivity index (χ4v) is 4.38. The third-order valence-electron chi connectivity index (χ3n) is 6.31. The maximum absolute atomic E-state index is 13.2. The molecule has 2 amide bonds. The minimum Gasteiger partial charge on any atom is -0.501 e. The molecular formula is C24H26FN7O4. The van der Waals surface area contributed by atoms with E-state index < -0.39 is 28.7 Å². The summed E-state index contributed by atoms with van der Waals surface area (Å²) in [7, 11) is 0. The number of pyridine rings is 1. The minimum absolute atomic E-state index is 0.0463. The van der Waals surface area contributed by atoms with Crippen LogP contribution in [0.5, 0.6) is 5.75 Å². The lowest BCUT2D eigenvalue weighted by Gasteiger charge is -2.32. The SMILES string of the molecule is O=C(NCc1ccc(F)cc1)c1nc2c(N3CCNCC3=O)cc(N3CCNCC3)cn2c(=O)c1O. The van der Waals surface area contributed by atoms with Crippen LogP contribution in [0.3, 0.4) is 0 Å². The van der Waals surface area contributed by atoms with Crippen LogP contribution in [-0.2, 0) is 11.3 Å². The lowest BCUT2D eigenvalue weighted by atomic mass is 10.2. The molecule has 0 aliphatic carbocycles. The first-order valence-electron chi connectivity index (χ1n) is 11.7. The Labute approximate surface area is 205 Å². The first-order chi connectivity index (χ1) is 17.4. The maximum atomic E-state index is 13.2. The minimum atomic E-state index is -0.812. The number of fused-ring (bicyclic) bond motifs is 1. The van der Waals surface area contributed by atoms with Crippen molar-refractivity contribution in [2.24, 2.45) is 0 Å². The van der Waals surface area contributed by atoms with E-state index in [0.29, 0.717) is 43.1 Å². The number of halogens is 1. The third kappa shape index (κ3) is 4.60. The number of hydrogen-bond donors (Lipinski definition) is 4. The lowest BCUT2D eigenvalue weighted by Crippen LogP contribution is -2.48. The molecule has 4 N–H and O–H groups in total. The van der Waals surface area contributed by atoms with Gasteiger partial charge in [0.2, 0.25) is 11.7 Å². The Hall–Kier alpha value is -4.03. The van der Waals surface area contributed by atoms with Crippen LogP contribution in [0, 0.1) is 5.82 Å². The molecule has 5 rings (SSSR count). The number of carbonyl (C=O) groups is 2. The molecule has 36 heavy (non-hydrogen) atoms. The van der Waals surface area contributed by atoms with E-state index in [1.165, 1.54) is 28.7 Å². The summed E-state index contributed by atoms with van der Waals surface area (Å²) >= 11 is 0. The van der Waals surface area contributed by atoms with Crippen molar-refractivity contribution in [3.8, 4) is 5.75 Å². The second kappa shape index (κ2) is 9.91. The van der Waals surface area contributed by atoms with Crippen molar-refractivity contribution in [1.29, 1.82) is 0 Å². The van der Waals surface area contributed by atoms with Gasteiger partial charge in [-0.2, -0.15) is 0 Å². The summed E-state index contributed by atoms with van der Waals surface area (Å²) in [6.45, 7) is 4.06. The zero-order valence-electron chi connectivity index (χ0n) is 19.5. The van der Waals surface area contributed by atoms with Gasteiger partial charge in [0.15, 0.2) is 11.3 Å². The number of anilines is 2. The number of nitrogens with one attached hydrogen (secondary N) is 3. The van der Waals surface area contributed by atoms with E-state index >= 15 is 0 Å². The van der Waals surface area contributed by atoms with Crippen LogP contribution in [-0.4, -0.2) is 72.1 Å². The number of amides is 2. The number of aromatic hydroxyl groups is 1. The number of hydrogen-bond acceptors (Lipinski definition) is 8. The highest BCUT2D eigenvalue weighted by Crippen LogP contribution is 2.28. The largest absolute Gasteiger partial charge is 0.501 e. The van der Waals surface area contributed by atoms with E-state index in [1.54, 1.807) is 17.2 Å². The summed E-state index contributed by atoms with van der Waals surface area (Å²) in [6, 6.07) is 7.38. The number of rotatable bonds is 5. The number of piperazine rings is 2. The Morgan fingerprint density at radius 2 is 1.81 bits per heavy atom. The van der Waals surface area contributed by atoms with Gasteiger partial charge in [-0.05, 0) is 23.8 Å². The van der Waals surface area contributed by atoms with Crippen molar-refractivity contribution in [3.05, 3.63) is 64.0 Å². The number of aromatic nitrogens is 2. The van der Waals surface area contributed by atoms with Crippen molar-refractivity contribution in [2.45, 2.75) is 6.54 Å². The first-order valence-corrected chi connectivity index (χ1v) is 11.7. The molecule has 1 aromatic carbocycles. The number of nitrogens with zero attached hydrogens (tertiary/aromatic N) is 4. The van der Waals surface area contributed by atoms with Crippen LogP contribution in [0.2, 0.25) is 0 Å². The Morgan fingerprint density at radius 3 is 2.53 bits per heavy atom. The van der Waals surface area contributed by atoms with E-state index in [2.05, 4.69) is 25.8 Å². The lowest BCUT2D eigenvalue weighted by molar-refractivity contribution is -0.118. The van der Waals surface area contributed by atoms with Crippen LogP contribution in [0.15, 0.2) is 41.3 Å². The predicted octanol–water partition coefficient (Wildman–Crippen LogP) is -0.185.